The third-order valence-electron chi connectivity index (χ3n) is 5.00. The Hall–Kier alpha value is -2.62. The van der Waals surface area contributed by atoms with Crippen LogP contribution in [0.5, 0.6) is 0 Å². The summed E-state index contributed by atoms with van der Waals surface area (Å²) in [7, 11) is 0. The topological polar surface area (TPSA) is 32.3 Å². The zero-order valence-electron chi connectivity index (χ0n) is 14.5. The molecule has 0 radical (unpaired) electrons. The maximum Gasteiger partial charge on any atom is 0.211 e. The Morgan fingerprint density at radius 2 is 1.88 bits per heavy atom. The van der Waals surface area contributed by atoms with Crippen LogP contribution in [0.15, 0.2) is 49.0 Å². The number of anilines is 1. The van der Waals surface area contributed by atoms with Gasteiger partial charge in [-0.05, 0) is 60.6 Å². The number of nitrogens with one attached hydrogen (secondary N) is 1. The number of halogens is 1. The van der Waals surface area contributed by atoms with E-state index in [2.05, 4.69) is 16.8 Å². The van der Waals surface area contributed by atoms with E-state index in [0.29, 0.717) is 12.3 Å². The highest BCUT2D eigenvalue weighted by Crippen LogP contribution is 2.32. The molecule has 0 unspecified atom stereocenters. The van der Waals surface area contributed by atoms with Crippen molar-refractivity contribution in [3.05, 3.63) is 71.6 Å². The zero-order chi connectivity index (χ0) is 17.8. The van der Waals surface area contributed by atoms with Gasteiger partial charge in [0.1, 0.15) is 5.82 Å². The number of likely N-dealkylation sites (tertiary alicyclic amines) is 1. The van der Waals surface area contributed by atoms with Crippen LogP contribution in [0.2, 0.25) is 0 Å². The van der Waals surface area contributed by atoms with Crippen molar-refractivity contribution in [1.82, 2.24) is 4.90 Å². The molecule has 1 fully saturated rings. The van der Waals surface area contributed by atoms with Crippen LogP contribution in [0.4, 0.5) is 10.1 Å². The van der Waals surface area contributed by atoms with Crippen LogP contribution >= 0.6 is 0 Å². The lowest BCUT2D eigenvalue weighted by atomic mass is 9.89. The monoisotopic (exact) mass is 338 g/mol. The molecule has 0 spiro atoms. The largest absolute Gasteiger partial charge is 0.371 e. The molecule has 1 heterocycles. The molecule has 25 heavy (non-hydrogen) atoms. The summed E-state index contributed by atoms with van der Waals surface area (Å²) in [6.45, 7) is 8.06. The summed E-state index contributed by atoms with van der Waals surface area (Å²) in [5.41, 5.74) is 5.05. The van der Waals surface area contributed by atoms with Crippen molar-refractivity contribution >= 4 is 17.8 Å². The van der Waals surface area contributed by atoms with E-state index in [1.54, 1.807) is 0 Å². The number of rotatable bonds is 5. The second-order valence-electron chi connectivity index (χ2n) is 6.55. The van der Waals surface area contributed by atoms with Crippen LogP contribution in [-0.4, -0.2) is 24.4 Å². The van der Waals surface area contributed by atoms with Crippen LogP contribution in [-0.2, 0) is 4.79 Å². The lowest BCUT2D eigenvalue weighted by Crippen LogP contribution is -2.31. The van der Waals surface area contributed by atoms with Gasteiger partial charge in [0.25, 0.3) is 0 Å². The van der Waals surface area contributed by atoms with E-state index in [4.69, 9.17) is 0 Å². The van der Waals surface area contributed by atoms with Crippen LogP contribution in [0.25, 0.3) is 5.70 Å². The number of piperidine rings is 1. The average Bonchev–Trinajstić information content (AvgIpc) is 2.64. The van der Waals surface area contributed by atoms with E-state index in [1.807, 2.05) is 37.3 Å². The molecule has 1 aliphatic heterocycles. The van der Waals surface area contributed by atoms with Gasteiger partial charge in [-0.1, -0.05) is 30.8 Å². The van der Waals surface area contributed by atoms with Gasteiger partial charge in [-0.25, -0.2) is 4.39 Å². The molecule has 0 bridgehead atoms. The smallest absolute Gasteiger partial charge is 0.211 e. The molecule has 2 aromatic carbocycles. The van der Waals surface area contributed by atoms with E-state index in [1.165, 1.54) is 17.7 Å². The fraction of sp³-hybridized carbons (Fsp3) is 0.286. The van der Waals surface area contributed by atoms with Crippen molar-refractivity contribution in [3.8, 4) is 0 Å². The number of hydrogen-bond acceptors (Lipinski definition) is 2. The van der Waals surface area contributed by atoms with E-state index in [0.717, 1.165) is 48.4 Å². The van der Waals surface area contributed by atoms with Gasteiger partial charge in [0, 0.05) is 24.5 Å². The van der Waals surface area contributed by atoms with Gasteiger partial charge < -0.3 is 10.2 Å². The minimum atomic E-state index is -0.186. The molecule has 1 saturated heterocycles. The van der Waals surface area contributed by atoms with Gasteiger partial charge in [0.05, 0.1) is 0 Å². The molecule has 3 nitrogen and oxygen atoms in total. The Kier molecular flexibility index (Phi) is 5.17. The normalized spacial score (nSPS) is 15.0. The number of benzene rings is 2. The molecule has 1 aliphatic rings. The first kappa shape index (κ1) is 17.2. The van der Waals surface area contributed by atoms with Gasteiger partial charge in [-0.15, -0.1) is 0 Å². The third-order valence-corrected chi connectivity index (χ3v) is 5.00. The standard InChI is InChI=1S/C21H23FN2O/c1-15-3-4-19(13-21(15)23-14-25)16(2)24-11-9-18(10-12-24)17-5-7-20(22)8-6-17/h3-8,13-14,18H,2,9-12H2,1H3,(H,23,25). The number of carbonyl (C=O) groups is 1. The van der Waals surface area contributed by atoms with Crippen molar-refractivity contribution in [3.63, 3.8) is 0 Å². The minimum absolute atomic E-state index is 0.186. The van der Waals surface area contributed by atoms with E-state index >= 15 is 0 Å². The Morgan fingerprint density at radius 3 is 2.52 bits per heavy atom. The molecule has 4 heteroatoms. The van der Waals surface area contributed by atoms with Crippen LogP contribution in [0.1, 0.15) is 35.4 Å². The van der Waals surface area contributed by atoms with Gasteiger partial charge in [-0.3, -0.25) is 4.79 Å². The van der Waals surface area contributed by atoms with Crippen LogP contribution in [0.3, 0.4) is 0 Å². The Labute approximate surface area is 148 Å². The molecular weight excluding hydrogens is 315 g/mol. The molecule has 0 atom stereocenters. The average molecular weight is 338 g/mol. The molecule has 0 saturated carbocycles. The highest BCUT2D eigenvalue weighted by atomic mass is 19.1. The van der Waals surface area contributed by atoms with Gasteiger partial charge in [0.2, 0.25) is 6.41 Å². The lowest BCUT2D eigenvalue weighted by Gasteiger charge is -2.35. The van der Waals surface area contributed by atoms with Crippen molar-refractivity contribution in [2.75, 3.05) is 18.4 Å². The van der Waals surface area contributed by atoms with E-state index in [-0.39, 0.29) is 5.82 Å². The van der Waals surface area contributed by atoms with Crippen molar-refractivity contribution in [2.24, 2.45) is 0 Å². The lowest BCUT2D eigenvalue weighted by molar-refractivity contribution is -0.105. The number of nitrogens with zero attached hydrogens (tertiary/aromatic N) is 1. The molecule has 0 aromatic heterocycles. The highest BCUT2D eigenvalue weighted by Gasteiger charge is 2.22. The summed E-state index contributed by atoms with van der Waals surface area (Å²) >= 11 is 0. The SMILES string of the molecule is C=C(c1ccc(C)c(NC=O)c1)N1CCC(c2ccc(F)cc2)CC1. The van der Waals surface area contributed by atoms with Crippen molar-refractivity contribution in [2.45, 2.75) is 25.7 Å². The maximum atomic E-state index is 13.1. The molecule has 1 N–H and O–H groups in total. The molecule has 2 aromatic rings. The van der Waals surface area contributed by atoms with Gasteiger partial charge in [-0.2, -0.15) is 0 Å². The Morgan fingerprint density at radius 1 is 1.20 bits per heavy atom. The fourth-order valence-corrected chi connectivity index (χ4v) is 3.42. The minimum Gasteiger partial charge on any atom is -0.371 e. The molecule has 1 amide bonds. The predicted molar refractivity (Wildman–Crippen MR) is 99.8 cm³/mol. The predicted octanol–water partition coefficient (Wildman–Crippen LogP) is 4.55. The Bertz CT molecular complexity index is 762. The first-order chi connectivity index (χ1) is 12.1. The summed E-state index contributed by atoms with van der Waals surface area (Å²) in [5, 5.41) is 2.74. The first-order valence-corrected chi connectivity index (χ1v) is 8.59. The summed E-state index contributed by atoms with van der Waals surface area (Å²) in [6, 6.07) is 12.9. The summed E-state index contributed by atoms with van der Waals surface area (Å²) in [5.74, 6) is 0.281. The first-order valence-electron chi connectivity index (χ1n) is 8.59. The van der Waals surface area contributed by atoms with Gasteiger partial charge >= 0.3 is 0 Å². The third kappa shape index (κ3) is 3.90. The van der Waals surface area contributed by atoms with Gasteiger partial charge in [0.15, 0.2) is 0 Å². The fourth-order valence-electron chi connectivity index (χ4n) is 3.42. The van der Waals surface area contributed by atoms with Crippen molar-refractivity contribution < 1.29 is 9.18 Å². The summed E-state index contributed by atoms with van der Waals surface area (Å²) in [4.78, 5) is 13.0. The Balaban J connectivity index is 1.66. The molecule has 130 valence electrons. The maximum absolute atomic E-state index is 13.1. The number of carbonyl (C=O) groups excluding carboxylic acids is 1. The zero-order valence-corrected chi connectivity index (χ0v) is 14.5. The second-order valence-corrected chi connectivity index (χ2v) is 6.55. The number of hydrogen-bond donors (Lipinski definition) is 1. The van der Waals surface area contributed by atoms with E-state index < -0.39 is 0 Å². The number of aryl methyl sites for hydroxylation is 1. The van der Waals surface area contributed by atoms with Crippen LogP contribution < -0.4 is 5.32 Å². The second kappa shape index (κ2) is 7.51. The molecule has 3 rings (SSSR count). The van der Waals surface area contributed by atoms with Crippen LogP contribution in [0, 0.1) is 12.7 Å². The summed E-state index contributed by atoms with van der Waals surface area (Å²) in [6.07, 6.45) is 2.75. The van der Waals surface area contributed by atoms with Crippen molar-refractivity contribution in [1.29, 1.82) is 0 Å². The quantitative estimate of drug-likeness (QED) is 0.811. The summed E-state index contributed by atoms with van der Waals surface area (Å²) < 4.78 is 13.1. The van der Waals surface area contributed by atoms with E-state index in [9.17, 15) is 9.18 Å². The highest BCUT2D eigenvalue weighted by molar-refractivity contribution is 5.76. The molecular formula is C21H23FN2O. The molecule has 0 aliphatic carbocycles. The number of amides is 1.